The van der Waals surface area contributed by atoms with Crippen LogP contribution in [0.5, 0.6) is 5.88 Å². The number of carbonyl (C=O) groups excluding carboxylic acids is 4. The van der Waals surface area contributed by atoms with Crippen molar-refractivity contribution >= 4 is 62.1 Å². The molecular weight excluding hydrogens is 850 g/mol. The van der Waals surface area contributed by atoms with E-state index in [2.05, 4.69) is 20.6 Å². The quantitative estimate of drug-likeness (QED) is 0.193. The number of alkyl halides is 4. The lowest BCUT2D eigenvalue weighted by Gasteiger charge is -2.34. The molecule has 2 saturated carbocycles. The van der Waals surface area contributed by atoms with Crippen LogP contribution < -0.4 is 20.1 Å². The van der Waals surface area contributed by atoms with Crippen molar-refractivity contribution in [2.75, 3.05) is 13.2 Å². The summed E-state index contributed by atoms with van der Waals surface area (Å²) in [7, 11) is -4.48. The molecule has 0 radical (unpaired) electrons. The van der Waals surface area contributed by atoms with Gasteiger partial charge in [-0.15, -0.1) is 0 Å². The Morgan fingerprint density at radius 1 is 1.11 bits per heavy atom. The molecule has 0 spiro atoms. The highest BCUT2D eigenvalue weighted by Crippen LogP contribution is 2.48. The van der Waals surface area contributed by atoms with Crippen LogP contribution in [-0.4, -0.2) is 105 Å². The number of allylic oxidation sites excluding steroid dienone is 1. The van der Waals surface area contributed by atoms with Gasteiger partial charge in [-0.25, -0.2) is 22.6 Å². The van der Waals surface area contributed by atoms with Crippen LogP contribution in [0.15, 0.2) is 36.5 Å². The number of rotatable bonds is 8. The van der Waals surface area contributed by atoms with Gasteiger partial charge in [-0.3, -0.25) is 23.5 Å². The molecule has 332 valence electrons. The zero-order chi connectivity index (χ0) is 44.4. The summed E-state index contributed by atoms with van der Waals surface area (Å²) in [5.74, 6) is -3.85. The Morgan fingerprint density at radius 3 is 2.51 bits per heavy atom. The van der Waals surface area contributed by atoms with Gasteiger partial charge in [0.25, 0.3) is 5.91 Å². The summed E-state index contributed by atoms with van der Waals surface area (Å²) in [4.78, 5) is 66.8. The molecule has 15 nitrogen and oxygen atoms in total. The maximum absolute atomic E-state index is 14.8. The van der Waals surface area contributed by atoms with Crippen LogP contribution in [0.25, 0.3) is 16.7 Å². The second kappa shape index (κ2) is 15.9. The minimum Gasteiger partial charge on any atom is -0.472 e. The van der Waals surface area contributed by atoms with Crippen molar-refractivity contribution in [1.82, 2.24) is 34.6 Å². The fraction of sp³-hybridized carbons (Fsp3) is 0.600. The lowest BCUT2D eigenvalue weighted by atomic mass is 9.88. The summed E-state index contributed by atoms with van der Waals surface area (Å²) in [6, 6.07) is 2.13. The summed E-state index contributed by atoms with van der Waals surface area (Å²) in [5, 5.41) is 5.91. The number of hydrogen-bond donors (Lipinski definition) is 3. The predicted octanol–water partition coefficient (Wildman–Crippen LogP) is 5.46. The van der Waals surface area contributed by atoms with E-state index in [1.165, 1.54) is 0 Å². The van der Waals surface area contributed by atoms with Gasteiger partial charge in [0.05, 0.1) is 23.1 Å². The van der Waals surface area contributed by atoms with Crippen molar-refractivity contribution in [1.29, 1.82) is 0 Å². The van der Waals surface area contributed by atoms with Gasteiger partial charge in [0, 0.05) is 23.6 Å². The average molecular weight is 898 g/mol. The third-order valence-corrected chi connectivity index (χ3v) is 14.7. The van der Waals surface area contributed by atoms with Gasteiger partial charge in [0.1, 0.15) is 35.1 Å². The van der Waals surface area contributed by atoms with Crippen LogP contribution in [0, 0.1) is 24.7 Å². The maximum atomic E-state index is 14.8. The first-order valence-corrected chi connectivity index (χ1v) is 22.0. The standard InChI is InChI=1S/C40H48ClF4N7O8S/c1-21-8-6-7-9-24-17-39(24,34(55)50-61(57,58)38(20-42)12-13-38)49-31(53)29-16-26(59-32-27-15-25(41)10-11-28(27)52-18-23(3)46-35(52)48-32)19-51(29)33(54)30(22(2)14-21)47-36(56)60-37(4,5)40(43,44)45/h7,9-11,15,18,21-22,24,26,29-30H,6,8,12-14,16-17,19-20H2,1-5H3,(H,47,56)(H,49,53)(H,50,55). The number of carbonyl (C=O) groups is 4. The van der Waals surface area contributed by atoms with Crippen LogP contribution >= 0.6 is 11.6 Å². The van der Waals surface area contributed by atoms with Crippen molar-refractivity contribution in [3.63, 3.8) is 0 Å². The van der Waals surface area contributed by atoms with Gasteiger partial charge in [0.15, 0.2) is 0 Å². The number of aromatic nitrogens is 3. The third kappa shape index (κ3) is 8.57. The van der Waals surface area contributed by atoms with Gasteiger partial charge in [-0.2, -0.15) is 18.2 Å². The summed E-state index contributed by atoms with van der Waals surface area (Å²) in [6.07, 6.45) is -0.940. The second-order valence-electron chi connectivity index (χ2n) is 17.5. The van der Waals surface area contributed by atoms with E-state index in [9.17, 15) is 45.2 Å². The Bertz CT molecular complexity index is 2410. The summed E-state index contributed by atoms with van der Waals surface area (Å²) >= 11 is 6.39. The highest BCUT2D eigenvalue weighted by molar-refractivity contribution is 7.91. The van der Waals surface area contributed by atoms with E-state index in [0.717, 1.165) is 4.90 Å². The number of nitrogens with zero attached hydrogens (tertiary/aromatic N) is 4. The minimum atomic E-state index is -4.94. The molecule has 21 heteroatoms. The first-order valence-electron chi connectivity index (χ1n) is 20.1. The van der Waals surface area contributed by atoms with Crippen LogP contribution in [0.3, 0.4) is 0 Å². The number of fused-ring (bicyclic) bond motifs is 5. The molecule has 2 aliphatic carbocycles. The number of sulfonamides is 1. The number of amides is 4. The van der Waals surface area contributed by atoms with Crippen molar-refractivity contribution in [2.24, 2.45) is 17.8 Å². The van der Waals surface area contributed by atoms with Crippen molar-refractivity contribution < 1.29 is 54.6 Å². The maximum Gasteiger partial charge on any atom is 0.427 e. The number of imidazole rings is 1. The zero-order valence-electron chi connectivity index (χ0n) is 34.1. The molecular formula is C40H48ClF4N7O8S. The Morgan fingerprint density at radius 2 is 1.84 bits per heavy atom. The molecule has 4 amide bonds. The van der Waals surface area contributed by atoms with Crippen molar-refractivity contribution in [3.8, 4) is 5.88 Å². The van der Waals surface area contributed by atoms with Crippen molar-refractivity contribution in [2.45, 2.75) is 120 Å². The van der Waals surface area contributed by atoms with Gasteiger partial charge >= 0.3 is 12.3 Å². The van der Waals surface area contributed by atoms with Crippen LogP contribution in [0.2, 0.25) is 5.02 Å². The number of nitrogens with one attached hydrogen (secondary N) is 3. The third-order valence-electron chi connectivity index (χ3n) is 12.3. The number of benzene rings is 1. The highest BCUT2D eigenvalue weighted by atomic mass is 35.5. The average Bonchev–Trinajstić information content (AvgIpc) is 4.03. The number of ether oxygens (including phenoxy) is 2. The molecule has 7 rings (SSSR count). The normalized spacial score (nSPS) is 28.3. The van der Waals surface area contributed by atoms with Crippen LogP contribution in [-0.2, 0) is 29.1 Å². The number of halogens is 5. The van der Waals surface area contributed by atoms with E-state index >= 15 is 0 Å². The molecule has 3 fully saturated rings. The molecule has 7 atom stereocenters. The van der Waals surface area contributed by atoms with Crippen molar-refractivity contribution in [3.05, 3.63) is 47.3 Å². The van der Waals surface area contributed by atoms with E-state index in [4.69, 9.17) is 21.1 Å². The molecule has 2 aromatic heterocycles. The summed E-state index contributed by atoms with van der Waals surface area (Å²) in [5.41, 5.74) is -3.42. The zero-order valence-corrected chi connectivity index (χ0v) is 35.7. The molecule has 2 aliphatic heterocycles. The van der Waals surface area contributed by atoms with Crippen LogP contribution in [0.4, 0.5) is 22.4 Å². The summed E-state index contributed by atoms with van der Waals surface area (Å²) in [6.45, 7) is 5.19. The highest BCUT2D eigenvalue weighted by Gasteiger charge is 2.64. The molecule has 61 heavy (non-hydrogen) atoms. The molecule has 0 bridgehead atoms. The Labute approximate surface area is 354 Å². The largest absolute Gasteiger partial charge is 0.472 e. The molecule has 4 aliphatic rings. The van der Waals surface area contributed by atoms with Gasteiger partial charge < -0.3 is 25.0 Å². The van der Waals surface area contributed by atoms with Gasteiger partial charge in [-0.05, 0) is 89.3 Å². The first-order chi connectivity index (χ1) is 28.5. The van der Waals surface area contributed by atoms with E-state index in [1.807, 2.05) is 11.6 Å². The van der Waals surface area contributed by atoms with Gasteiger partial charge in [-0.1, -0.05) is 37.6 Å². The van der Waals surface area contributed by atoms with Crippen LogP contribution in [0.1, 0.15) is 78.3 Å². The molecule has 1 saturated heterocycles. The number of alkyl carbamates (subject to hydrolysis) is 1. The summed E-state index contributed by atoms with van der Waals surface area (Å²) < 4.78 is 95.0. The lowest BCUT2D eigenvalue weighted by molar-refractivity contribution is -0.244. The Kier molecular flexibility index (Phi) is 11.5. The topological polar surface area (TPSA) is 190 Å². The second-order valence-corrected chi connectivity index (χ2v) is 20.0. The van der Waals surface area contributed by atoms with E-state index in [-0.39, 0.29) is 49.8 Å². The molecule has 4 heterocycles. The molecule has 3 N–H and O–H groups in total. The molecule has 1 aromatic carbocycles. The lowest BCUT2D eigenvalue weighted by Crippen LogP contribution is -2.60. The van der Waals surface area contributed by atoms with E-state index < -0.39 is 92.6 Å². The fourth-order valence-electron chi connectivity index (χ4n) is 8.23. The molecule has 7 unspecified atom stereocenters. The minimum absolute atomic E-state index is 0.00216. The Balaban J connectivity index is 1.26. The van der Waals surface area contributed by atoms with Gasteiger partial charge in [0.2, 0.25) is 39.1 Å². The Hall–Kier alpha value is -4.72. The fourth-order valence-corrected chi connectivity index (χ4v) is 9.82. The number of hydrogen-bond acceptors (Lipinski definition) is 10. The smallest absolute Gasteiger partial charge is 0.427 e. The molecule has 3 aromatic rings. The number of aryl methyl sites for hydroxylation is 1. The monoisotopic (exact) mass is 897 g/mol. The van der Waals surface area contributed by atoms with E-state index in [0.29, 0.717) is 54.7 Å². The predicted molar refractivity (Wildman–Crippen MR) is 214 cm³/mol. The first kappa shape index (κ1) is 44.3. The van der Waals surface area contributed by atoms with E-state index in [1.54, 1.807) is 54.8 Å². The SMILES string of the molecule is Cc1cn2c(n1)nc(OC1CC3C(=O)NC4(C(=O)NS(=O)(=O)C5(CF)CC5)CC4C=CCCC(C)CC(C)C(NC(=O)OC(C)(C)C(F)(F)F)C(=O)N3C1)c1cc(Cl)ccc12.